The molecule has 0 fully saturated rings. The fourth-order valence-corrected chi connectivity index (χ4v) is 2.61. The third kappa shape index (κ3) is 4.04. The molecule has 5 nitrogen and oxygen atoms in total. The molecular formula is C13H20N2O3S. The monoisotopic (exact) mass is 284 g/mol. The summed E-state index contributed by atoms with van der Waals surface area (Å²) in [6, 6.07) is 3.00. The number of primary sulfonamides is 1. The Morgan fingerprint density at radius 3 is 2.47 bits per heavy atom. The molecule has 1 rings (SSSR count). The van der Waals surface area contributed by atoms with E-state index in [1.54, 1.807) is 19.9 Å². The molecular weight excluding hydrogens is 264 g/mol. The summed E-state index contributed by atoms with van der Waals surface area (Å²) in [5, 5.41) is 7.91. The minimum absolute atomic E-state index is 0.00754. The molecule has 1 amide bonds. The van der Waals surface area contributed by atoms with E-state index in [9.17, 15) is 13.2 Å². The zero-order valence-electron chi connectivity index (χ0n) is 11.5. The van der Waals surface area contributed by atoms with E-state index in [4.69, 9.17) is 5.14 Å². The molecule has 0 spiro atoms. The molecule has 0 aliphatic rings. The number of hydrogen-bond donors (Lipinski definition) is 2. The van der Waals surface area contributed by atoms with Crippen molar-refractivity contribution in [1.29, 1.82) is 0 Å². The van der Waals surface area contributed by atoms with Crippen LogP contribution in [0, 0.1) is 13.8 Å². The number of hydrogen-bond acceptors (Lipinski definition) is 3. The van der Waals surface area contributed by atoms with Crippen LogP contribution in [-0.4, -0.2) is 20.9 Å². The Kier molecular flexibility index (Phi) is 5.08. The van der Waals surface area contributed by atoms with Gasteiger partial charge in [-0.1, -0.05) is 13.3 Å². The van der Waals surface area contributed by atoms with E-state index in [1.807, 2.05) is 6.92 Å². The number of unbranched alkanes of at least 4 members (excludes halogenated alkanes) is 1. The molecule has 19 heavy (non-hydrogen) atoms. The van der Waals surface area contributed by atoms with Crippen LogP contribution < -0.4 is 10.5 Å². The van der Waals surface area contributed by atoms with Gasteiger partial charge in [-0.2, -0.15) is 0 Å². The number of carbonyl (C=O) groups is 1. The lowest BCUT2D eigenvalue weighted by Crippen LogP contribution is -2.25. The van der Waals surface area contributed by atoms with Crippen molar-refractivity contribution in [1.82, 2.24) is 5.32 Å². The first-order chi connectivity index (χ1) is 8.77. The van der Waals surface area contributed by atoms with Crippen molar-refractivity contribution in [3.05, 3.63) is 28.8 Å². The van der Waals surface area contributed by atoms with Crippen LogP contribution in [0.2, 0.25) is 0 Å². The second kappa shape index (κ2) is 6.16. The van der Waals surface area contributed by atoms with Gasteiger partial charge in [0.15, 0.2) is 0 Å². The lowest BCUT2D eigenvalue weighted by molar-refractivity contribution is 0.0953. The van der Waals surface area contributed by atoms with Crippen LogP contribution in [0.15, 0.2) is 17.0 Å². The van der Waals surface area contributed by atoms with E-state index >= 15 is 0 Å². The molecule has 0 radical (unpaired) electrons. The zero-order valence-corrected chi connectivity index (χ0v) is 12.3. The van der Waals surface area contributed by atoms with E-state index in [0.29, 0.717) is 17.7 Å². The summed E-state index contributed by atoms with van der Waals surface area (Å²) >= 11 is 0. The van der Waals surface area contributed by atoms with Crippen LogP contribution in [0.25, 0.3) is 0 Å². The highest BCUT2D eigenvalue weighted by Gasteiger charge is 2.17. The van der Waals surface area contributed by atoms with Gasteiger partial charge in [0.1, 0.15) is 0 Å². The fraction of sp³-hybridized carbons (Fsp3) is 0.462. The Morgan fingerprint density at radius 2 is 1.95 bits per heavy atom. The van der Waals surface area contributed by atoms with Crippen LogP contribution in [0.5, 0.6) is 0 Å². The van der Waals surface area contributed by atoms with Crippen LogP contribution in [0.3, 0.4) is 0 Å². The first-order valence-electron chi connectivity index (χ1n) is 6.19. The van der Waals surface area contributed by atoms with E-state index in [1.165, 1.54) is 6.07 Å². The van der Waals surface area contributed by atoms with E-state index in [0.717, 1.165) is 18.4 Å². The highest BCUT2D eigenvalue weighted by atomic mass is 32.2. The molecule has 0 heterocycles. The molecule has 106 valence electrons. The number of benzene rings is 1. The number of aryl methyl sites for hydroxylation is 1. The lowest BCUT2D eigenvalue weighted by atomic mass is 10.1. The van der Waals surface area contributed by atoms with Gasteiger partial charge in [0, 0.05) is 12.1 Å². The van der Waals surface area contributed by atoms with Crippen LogP contribution in [0.4, 0.5) is 0 Å². The second-order valence-electron chi connectivity index (χ2n) is 4.57. The number of nitrogens with one attached hydrogen (secondary N) is 1. The molecule has 0 aliphatic carbocycles. The fourth-order valence-electron chi connectivity index (χ4n) is 1.73. The summed E-state index contributed by atoms with van der Waals surface area (Å²) in [6.45, 7) is 6.04. The standard InChI is InChI=1S/C13H20N2O3S/c1-4-5-6-15-13(16)11-7-9(2)10(3)12(8-11)19(14,17)18/h7-8H,4-6H2,1-3H3,(H,15,16)(H2,14,17,18). The number of nitrogens with two attached hydrogens (primary N) is 1. The van der Waals surface area contributed by atoms with E-state index in [-0.39, 0.29) is 10.8 Å². The summed E-state index contributed by atoms with van der Waals surface area (Å²) in [6.07, 6.45) is 1.87. The van der Waals surface area contributed by atoms with Gasteiger partial charge in [0.05, 0.1) is 4.90 Å². The summed E-state index contributed by atoms with van der Waals surface area (Å²) in [7, 11) is -3.82. The Morgan fingerprint density at radius 1 is 1.32 bits per heavy atom. The Labute approximate surface area is 114 Å². The molecule has 0 atom stereocenters. The minimum atomic E-state index is -3.82. The SMILES string of the molecule is CCCCNC(=O)c1cc(C)c(C)c(S(N)(=O)=O)c1. The van der Waals surface area contributed by atoms with Crippen molar-refractivity contribution in [3.63, 3.8) is 0 Å². The van der Waals surface area contributed by atoms with Crippen molar-refractivity contribution in [2.24, 2.45) is 5.14 Å². The molecule has 0 aromatic heterocycles. The maximum Gasteiger partial charge on any atom is 0.251 e. The van der Waals surface area contributed by atoms with Crippen LogP contribution >= 0.6 is 0 Å². The Bertz CT molecular complexity index is 580. The summed E-state index contributed by atoms with van der Waals surface area (Å²) in [5.41, 5.74) is 1.63. The molecule has 0 saturated carbocycles. The quantitative estimate of drug-likeness (QED) is 0.803. The summed E-state index contributed by atoms with van der Waals surface area (Å²) in [5.74, 6) is -0.276. The predicted molar refractivity (Wildman–Crippen MR) is 74.5 cm³/mol. The molecule has 0 unspecified atom stereocenters. The van der Waals surface area contributed by atoms with E-state index < -0.39 is 10.0 Å². The van der Waals surface area contributed by atoms with Crippen molar-refractivity contribution >= 4 is 15.9 Å². The summed E-state index contributed by atoms with van der Waals surface area (Å²) < 4.78 is 23.0. The third-order valence-corrected chi connectivity index (χ3v) is 4.04. The Balaban J connectivity index is 3.11. The predicted octanol–water partition coefficient (Wildman–Crippen LogP) is 1.48. The smallest absolute Gasteiger partial charge is 0.251 e. The normalized spacial score (nSPS) is 11.4. The molecule has 1 aromatic carbocycles. The lowest BCUT2D eigenvalue weighted by Gasteiger charge is -2.11. The molecule has 0 bridgehead atoms. The van der Waals surface area contributed by atoms with Crippen LogP contribution in [-0.2, 0) is 10.0 Å². The van der Waals surface area contributed by atoms with Crippen molar-refractivity contribution in [2.45, 2.75) is 38.5 Å². The minimum Gasteiger partial charge on any atom is -0.352 e. The van der Waals surface area contributed by atoms with Gasteiger partial charge in [-0.3, -0.25) is 4.79 Å². The van der Waals surface area contributed by atoms with Gasteiger partial charge in [0.25, 0.3) is 5.91 Å². The molecule has 3 N–H and O–H groups in total. The van der Waals surface area contributed by atoms with Gasteiger partial charge in [-0.25, -0.2) is 13.6 Å². The molecule has 6 heteroatoms. The number of rotatable bonds is 5. The van der Waals surface area contributed by atoms with Crippen LogP contribution in [0.1, 0.15) is 41.3 Å². The molecule has 1 aromatic rings. The maximum atomic E-state index is 11.9. The van der Waals surface area contributed by atoms with Crippen molar-refractivity contribution in [3.8, 4) is 0 Å². The third-order valence-electron chi connectivity index (χ3n) is 3.00. The first kappa shape index (κ1) is 15.7. The number of amides is 1. The first-order valence-corrected chi connectivity index (χ1v) is 7.74. The van der Waals surface area contributed by atoms with Gasteiger partial charge in [0.2, 0.25) is 10.0 Å². The van der Waals surface area contributed by atoms with E-state index in [2.05, 4.69) is 5.32 Å². The van der Waals surface area contributed by atoms with Gasteiger partial charge in [-0.15, -0.1) is 0 Å². The average molecular weight is 284 g/mol. The zero-order chi connectivity index (χ0) is 14.6. The highest BCUT2D eigenvalue weighted by Crippen LogP contribution is 2.20. The molecule has 0 aliphatic heterocycles. The number of sulfonamides is 1. The average Bonchev–Trinajstić information content (AvgIpc) is 2.31. The largest absolute Gasteiger partial charge is 0.352 e. The van der Waals surface area contributed by atoms with Gasteiger partial charge < -0.3 is 5.32 Å². The highest BCUT2D eigenvalue weighted by molar-refractivity contribution is 7.89. The van der Waals surface area contributed by atoms with Crippen molar-refractivity contribution < 1.29 is 13.2 Å². The summed E-state index contributed by atoms with van der Waals surface area (Å²) in [4.78, 5) is 11.9. The van der Waals surface area contributed by atoms with Crippen molar-refractivity contribution in [2.75, 3.05) is 6.54 Å². The van der Waals surface area contributed by atoms with Gasteiger partial charge >= 0.3 is 0 Å². The maximum absolute atomic E-state index is 11.9. The second-order valence-corrected chi connectivity index (χ2v) is 6.10. The van der Waals surface area contributed by atoms with Gasteiger partial charge in [-0.05, 0) is 43.5 Å². The topological polar surface area (TPSA) is 89.3 Å². The Hall–Kier alpha value is -1.40. The number of carbonyl (C=O) groups excluding carboxylic acids is 1. The molecule has 0 saturated heterocycles.